The summed E-state index contributed by atoms with van der Waals surface area (Å²) in [5, 5.41) is 8.11. The Bertz CT molecular complexity index is 852. The second kappa shape index (κ2) is 11.3. The predicted molar refractivity (Wildman–Crippen MR) is 127 cm³/mol. The number of hydrogen-bond donors (Lipinski definition) is 3. The van der Waals surface area contributed by atoms with Crippen LogP contribution in [-0.2, 0) is 17.6 Å². The lowest BCUT2D eigenvalue weighted by atomic mass is 10.2. The van der Waals surface area contributed by atoms with E-state index in [0.717, 1.165) is 57.1 Å². The SMILES string of the molecule is I.c1coc(CCNC(=NCC2CCCO2)NCCc2cc3ccccc3[nH]2)c1. The fourth-order valence-corrected chi connectivity index (χ4v) is 3.50. The molecule has 0 aliphatic carbocycles. The quantitative estimate of drug-likeness (QED) is 0.245. The Morgan fingerprint density at radius 3 is 2.72 bits per heavy atom. The van der Waals surface area contributed by atoms with Crippen molar-refractivity contribution in [2.75, 3.05) is 26.2 Å². The van der Waals surface area contributed by atoms with E-state index in [1.807, 2.05) is 12.1 Å². The number of benzene rings is 1. The maximum atomic E-state index is 5.69. The first-order valence-corrected chi connectivity index (χ1v) is 10.1. The van der Waals surface area contributed by atoms with Gasteiger partial charge in [0.1, 0.15) is 5.76 Å². The first-order chi connectivity index (χ1) is 13.9. The van der Waals surface area contributed by atoms with E-state index in [4.69, 9.17) is 14.1 Å². The van der Waals surface area contributed by atoms with Crippen molar-refractivity contribution < 1.29 is 9.15 Å². The van der Waals surface area contributed by atoms with Gasteiger partial charge < -0.3 is 24.8 Å². The summed E-state index contributed by atoms with van der Waals surface area (Å²) < 4.78 is 11.1. The number of aromatic nitrogens is 1. The molecule has 1 unspecified atom stereocenters. The zero-order valence-corrected chi connectivity index (χ0v) is 18.9. The molecule has 0 radical (unpaired) electrons. The number of nitrogens with zero attached hydrogens (tertiary/aromatic N) is 1. The van der Waals surface area contributed by atoms with Crippen LogP contribution in [0.1, 0.15) is 24.3 Å². The van der Waals surface area contributed by atoms with Gasteiger partial charge in [-0.1, -0.05) is 18.2 Å². The molecule has 6 nitrogen and oxygen atoms in total. The van der Waals surface area contributed by atoms with Crippen LogP contribution in [0.5, 0.6) is 0 Å². The Morgan fingerprint density at radius 2 is 1.97 bits per heavy atom. The third-order valence-corrected chi connectivity index (χ3v) is 4.99. The van der Waals surface area contributed by atoms with Gasteiger partial charge in [0.2, 0.25) is 0 Å². The summed E-state index contributed by atoms with van der Waals surface area (Å²) in [6.45, 7) is 3.14. The number of nitrogens with one attached hydrogen (secondary N) is 3. The molecular weight excluding hydrogens is 479 g/mol. The van der Waals surface area contributed by atoms with Crippen molar-refractivity contribution in [2.45, 2.75) is 31.8 Å². The van der Waals surface area contributed by atoms with Gasteiger partial charge >= 0.3 is 0 Å². The van der Waals surface area contributed by atoms with Gasteiger partial charge in [0.25, 0.3) is 0 Å². The second-order valence-corrected chi connectivity index (χ2v) is 7.14. The summed E-state index contributed by atoms with van der Waals surface area (Å²) >= 11 is 0. The minimum atomic E-state index is 0. The summed E-state index contributed by atoms with van der Waals surface area (Å²) in [5.74, 6) is 1.81. The Kier molecular flexibility index (Phi) is 8.42. The van der Waals surface area contributed by atoms with Gasteiger partial charge in [0.05, 0.1) is 18.9 Å². The average Bonchev–Trinajstić information content (AvgIpc) is 3.46. The van der Waals surface area contributed by atoms with E-state index in [1.165, 1.54) is 16.6 Å². The van der Waals surface area contributed by atoms with E-state index in [0.29, 0.717) is 6.54 Å². The third kappa shape index (κ3) is 6.50. The van der Waals surface area contributed by atoms with Crippen LogP contribution in [0.25, 0.3) is 10.9 Å². The lowest BCUT2D eigenvalue weighted by molar-refractivity contribution is 0.117. The van der Waals surface area contributed by atoms with Crippen molar-refractivity contribution in [3.8, 4) is 0 Å². The summed E-state index contributed by atoms with van der Waals surface area (Å²) in [6, 6.07) is 14.5. The second-order valence-electron chi connectivity index (χ2n) is 7.14. The van der Waals surface area contributed by atoms with Crippen molar-refractivity contribution in [3.63, 3.8) is 0 Å². The van der Waals surface area contributed by atoms with Gasteiger partial charge in [-0.2, -0.15) is 0 Å². The van der Waals surface area contributed by atoms with E-state index in [1.54, 1.807) is 6.26 Å². The van der Waals surface area contributed by atoms with E-state index >= 15 is 0 Å². The van der Waals surface area contributed by atoms with Crippen LogP contribution in [0.4, 0.5) is 0 Å². The summed E-state index contributed by atoms with van der Waals surface area (Å²) in [4.78, 5) is 8.20. The van der Waals surface area contributed by atoms with Crippen LogP contribution < -0.4 is 10.6 Å². The highest BCUT2D eigenvalue weighted by Gasteiger charge is 2.15. The molecule has 4 rings (SSSR count). The normalized spacial score (nSPS) is 16.7. The van der Waals surface area contributed by atoms with Crippen LogP contribution in [0.3, 0.4) is 0 Å². The number of aliphatic imine (C=N–C) groups is 1. The number of ether oxygens (including phenoxy) is 1. The van der Waals surface area contributed by atoms with Gasteiger partial charge in [0.15, 0.2) is 5.96 Å². The minimum Gasteiger partial charge on any atom is -0.469 e. The van der Waals surface area contributed by atoms with Crippen molar-refractivity contribution in [1.29, 1.82) is 0 Å². The number of rotatable bonds is 8. The number of H-pyrrole nitrogens is 1. The molecule has 1 aliphatic rings. The first-order valence-electron chi connectivity index (χ1n) is 10.1. The number of halogens is 1. The highest BCUT2D eigenvalue weighted by atomic mass is 127. The maximum absolute atomic E-state index is 5.69. The molecule has 3 aromatic rings. The molecule has 1 saturated heterocycles. The van der Waals surface area contributed by atoms with Crippen LogP contribution in [0, 0.1) is 0 Å². The van der Waals surface area contributed by atoms with Crippen LogP contribution in [0.15, 0.2) is 58.1 Å². The number of hydrogen-bond acceptors (Lipinski definition) is 3. The highest BCUT2D eigenvalue weighted by molar-refractivity contribution is 14.0. The van der Waals surface area contributed by atoms with Gasteiger partial charge in [-0.3, -0.25) is 4.99 Å². The van der Waals surface area contributed by atoms with E-state index in [-0.39, 0.29) is 30.1 Å². The van der Waals surface area contributed by atoms with Gasteiger partial charge in [-0.05, 0) is 42.5 Å². The molecule has 3 heterocycles. The number of fused-ring (bicyclic) bond motifs is 1. The maximum Gasteiger partial charge on any atom is 0.191 e. The van der Waals surface area contributed by atoms with Crippen LogP contribution in [0.2, 0.25) is 0 Å². The molecule has 29 heavy (non-hydrogen) atoms. The van der Waals surface area contributed by atoms with Gasteiger partial charge in [-0.25, -0.2) is 0 Å². The Balaban J connectivity index is 0.00000240. The molecule has 0 bridgehead atoms. The Hall–Kier alpha value is -2.00. The molecule has 0 amide bonds. The van der Waals surface area contributed by atoms with Crippen LogP contribution >= 0.6 is 24.0 Å². The van der Waals surface area contributed by atoms with Gasteiger partial charge in [-0.15, -0.1) is 24.0 Å². The van der Waals surface area contributed by atoms with E-state index in [9.17, 15) is 0 Å². The largest absolute Gasteiger partial charge is 0.469 e. The van der Waals surface area contributed by atoms with Crippen LogP contribution in [-0.4, -0.2) is 43.3 Å². The molecule has 1 aromatic carbocycles. The summed E-state index contributed by atoms with van der Waals surface area (Å²) in [7, 11) is 0. The minimum absolute atomic E-state index is 0. The molecular formula is C22H29IN4O2. The monoisotopic (exact) mass is 508 g/mol. The van der Waals surface area contributed by atoms with E-state index < -0.39 is 0 Å². The van der Waals surface area contributed by atoms with Crippen molar-refractivity contribution in [3.05, 3.63) is 60.2 Å². The zero-order valence-electron chi connectivity index (χ0n) is 16.5. The number of para-hydroxylation sites is 1. The molecule has 156 valence electrons. The summed E-state index contributed by atoms with van der Waals surface area (Å²) in [5.41, 5.74) is 2.41. The molecule has 1 fully saturated rings. The fraction of sp³-hybridized carbons (Fsp3) is 0.409. The lowest BCUT2D eigenvalue weighted by Crippen LogP contribution is -2.40. The number of guanidine groups is 1. The average molecular weight is 508 g/mol. The number of furan rings is 1. The molecule has 1 aliphatic heterocycles. The molecule has 7 heteroatoms. The first kappa shape index (κ1) is 21.7. The fourth-order valence-electron chi connectivity index (χ4n) is 3.50. The highest BCUT2D eigenvalue weighted by Crippen LogP contribution is 2.14. The predicted octanol–water partition coefficient (Wildman–Crippen LogP) is 3.88. The standard InChI is InChI=1S/C22H28N4O2.HI/c1-2-8-21-17(5-1)15-18(26-21)9-11-23-22(25-16-20-7-4-14-28-20)24-12-10-19-6-3-13-27-19;/h1-3,5-6,8,13,15,20,26H,4,7,9-12,14,16H2,(H2,23,24,25);1H. The Labute approximate surface area is 188 Å². The molecule has 2 aromatic heterocycles. The van der Waals surface area contributed by atoms with Crippen molar-refractivity contribution in [2.24, 2.45) is 4.99 Å². The van der Waals surface area contributed by atoms with Crippen molar-refractivity contribution >= 4 is 40.8 Å². The zero-order chi connectivity index (χ0) is 19.0. The summed E-state index contributed by atoms with van der Waals surface area (Å²) in [6.07, 6.45) is 5.93. The van der Waals surface area contributed by atoms with E-state index in [2.05, 4.69) is 45.9 Å². The molecule has 1 atom stereocenters. The molecule has 3 N–H and O–H groups in total. The number of aromatic amines is 1. The smallest absolute Gasteiger partial charge is 0.191 e. The molecule has 0 saturated carbocycles. The molecule has 0 spiro atoms. The third-order valence-electron chi connectivity index (χ3n) is 4.99. The lowest BCUT2D eigenvalue weighted by Gasteiger charge is -2.13. The van der Waals surface area contributed by atoms with Gasteiger partial charge in [0, 0.05) is 43.7 Å². The Morgan fingerprint density at radius 1 is 1.10 bits per heavy atom. The van der Waals surface area contributed by atoms with Crippen molar-refractivity contribution in [1.82, 2.24) is 15.6 Å². The topological polar surface area (TPSA) is 74.6 Å².